The summed E-state index contributed by atoms with van der Waals surface area (Å²) in [5.41, 5.74) is 5.67. The number of nitrogens with zero attached hydrogens (tertiary/aromatic N) is 1. The molecule has 0 aliphatic carbocycles. The average molecular weight is 432 g/mol. The van der Waals surface area contributed by atoms with E-state index in [0.29, 0.717) is 6.61 Å². The summed E-state index contributed by atoms with van der Waals surface area (Å²) in [6.45, 7) is 3.50. The lowest BCUT2D eigenvalue weighted by Gasteiger charge is -2.25. The van der Waals surface area contributed by atoms with E-state index >= 15 is 0 Å². The number of carboxylic acid groups (broad SMARTS) is 1. The zero-order valence-electron chi connectivity index (χ0n) is 18.6. The minimum Gasteiger partial charge on any atom is -0.497 e. The van der Waals surface area contributed by atoms with Gasteiger partial charge in [0.05, 0.1) is 13.5 Å². The van der Waals surface area contributed by atoms with Crippen LogP contribution in [0.2, 0.25) is 0 Å². The molecule has 3 aromatic rings. The van der Waals surface area contributed by atoms with Crippen LogP contribution in [0.15, 0.2) is 66.7 Å². The van der Waals surface area contributed by atoms with Gasteiger partial charge < -0.3 is 19.5 Å². The summed E-state index contributed by atoms with van der Waals surface area (Å²) in [4.78, 5) is 13.3. The molecule has 0 bridgehead atoms. The highest BCUT2D eigenvalue weighted by atomic mass is 16.5. The van der Waals surface area contributed by atoms with Crippen molar-refractivity contribution in [2.45, 2.75) is 38.8 Å². The summed E-state index contributed by atoms with van der Waals surface area (Å²) in [5.74, 6) is 0.910. The van der Waals surface area contributed by atoms with Gasteiger partial charge in [0.25, 0.3) is 0 Å². The van der Waals surface area contributed by atoms with E-state index in [1.807, 2.05) is 42.5 Å². The van der Waals surface area contributed by atoms with Crippen LogP contribution in [0, 0.1) is 6.92 Å². The van der Waals surface area contributed by atoms with Crippen LogP contribution in [0.3, 0.4) is 0 Å². The molecular formula is C27H29NO4. The van der Waals surface area contributed by atoms with Gasteiger partial charge in [-0.2, -0.15) is 0 Å². The van der Waals surface area contributed by atoms with Crippen molar-refractivity contribution in [3.63, 3.8) is 0 Å². The van der Waals surface area contributed by atoms with Crippen LogP contribution in [-0.2, 0) is 11.4 Å². The number of methoxy groups -OCH3 is 1. The first-order valence-corrected chi connectivity index (χ1v) is 11.0. The summed E-state index contributed by atoms with van der Waals surface area (Å²) in [6, 6.07) is 22.5. The van der Waals surface area contributed by atoms with Crippen LogP contribution in [-0.4, -0.2) is 30.8 Å². The molecule has 0 saturated carbocycles. The standard InChI is InChI=1S/C27H29NO4/c1-19-15-20(8-13-26(19)21-5-3-7-25(16-21)31-2)18-32-24-11-9-22(10-12-24)28-14-4-6-23(28)17-27(29)30/h3,5,7-13,15-16,23H,4,6,14,17-18H2,1-2H3,(H,29,30). The van der Waals surface area contributed by atoms with Crippen molar-refractivity contribution in [2.75, 3.05) is 18.6 Å². The van der Waals surface area contributed by atoms with E-state index in [2.05, 4.69) is 36.1 Å². The number of aryl methyl sites for hydroxylation is 1. The first-order valence-electron chi connectivity index (χ1n) is 11.0. The lowest BCUT2D eigenvalue weighted by atomic mass is 9.98. The Labute approximate surface area is 189 Å². The summed E-state index contributed by atoms with van der Waals surface area (Å²) < 4.78 is 11.3. The van der Waals surface area contributed by atoms with Crippen LogP contribution in [0.5, 0.6) is 11.5 Å². The second-order valence-electron chi connectivity index (χ2n) is 8.25. The fourth-order valence-electron chi connectivity index (χ4n) is 4.42. The maximum atomic E-state index is 11.1. The minimum atomic E-state index is -0.741. The molecule has 0 radical (unpaired) electrons. The molecule has 1 atom stereocenters. The number of ether oxygens (including phenoxy) is 2. The van der Waals surface area contributed by atoms with Crippen molar-refractivity contribution in [1.82, 2.24) is 0 Å². The second-order valence-corrected chi connectivity index (χ2v) is 8.25. The van der Waals surface area contributed by atoms with Crippen LogP contribution >= 0.6 is 0 Å². The number of anilines is 1. The van der Waals surface area contributed by atoms with Gasteiger partial charge in [0, 0.05) is 18.3 Å². The van der Waals surface area contributed by atoms with E-state index < -0.39 is 5.97 Å². The number of aliphatic carboxylic acids is 1. The highest BCUT2D eigenvalue weighted by Crippen LogP contribution is 2.30. The van der Waals surface area contributed by atoms with Crippen molar-refractivity contribution in [3.05, 3.63) is 77.9 Å². The molecule has 1 heterocycles. The van der Waals surface area contributed by atoms with Gasteiger partial charge in [-0.25, -0.2) is 0 Å². The van der Waals surface area contributed by atoms with E-state index in [0.717, 1.165) is 47.7 Å². The lowest BCUT2D eigenvalue weighted by Crippen LogP contribution is -2.31. The Hall–Kier alpha value is -3.47. The predicted molar refractivity (Wildman–Crippen MR) is 127 cm³/mol. The quantitative estimate of drug-likeness (QED) is 0.496. The molecule has 32 heavy (non-hydrogen) atoms. The Morgan fingerprint density at radius 2 is 1.88 bits per heavy atom. The summed E-state index contributed by atoms with van der Waals surface area (Å²) in [7, 11) is 1.68. The molecule has 1 unspecified atom stereocenters. The minimum absolute atomic E-state index is 0.0744. The number of hydrogen-bond donors (Lipinski definition) is 1. The number of carbonyl (C=O) groups is 1. The molecule has 1 aliphatic heterocycles. The van der Waals surface area contributed by atoms with Crippen molar-refractivity contribution >= 4 is 11.7 Å². The van der Waals surface area contributed by atoms with Crippen LogP contribution < -0.4 is 14.4 Å². The van der Waals surface area contributed by atoms with Crippen LogP contribution in [0.25, 0.3) is 11.1 Å². The lowest BCUT2D eigenvalue weighted by molar-refractivity contribution is -0.137. The molecule has 5 nitrogen and oxygen atoms in total. The zero-order chi connectivity index (χ0) is 22.5. The molecule has 1 aliphatic rings. The molecular weight excluding hydrogens is 402 g/mol. The number of benzene rings is 3. The normalized spacial score (nSPS) is 15.6. The Balaban J connectivity index is 1.39. The van der Waals surface area contributed by atoms with Crippen molar-refractivity contribution in [3.8, 4) is 22.6 Å². The molecule has 0 amide bonds. The van der Waals surface area contributed by atoms with Gasteiger partial charge in [-0.3, -0.25) is 4.79 Å². The number of rotatable bonds is 8. The van der Waals surface area contributed by atoms with E-state index in [1.165, 1.54) is 11.1 Å². The maximum Gasteiger partial charge on any atom is 0.305 e. The highest BCUT2D eigenvalue weighted by Gasteiger charge is 2.26. The Bertz CT molecular complexity index is 1080. The van der Waals surface area contributed by atoms with Gasteiger partial charge in [-0.1, -0.05) is 30.3 Å². The van der Waals surface area contributed by atoms with Gasteiger partial charge in [-0.05, 0) is 78.4 Å². The van der Waals surface area contributed by atoms with Crippen molar-refractivity contribution < 1.29 is 19.4 Å². The predicted octanol–water partition coefficient (Wildman–Crippen LogP) is 5.69. The number of hydrogen-bond acceptors (Lipinski definition) is 4. The maximum absolute atomic E-state index is 11.1. The first kappa shape index (κ1) is 21.8. The van der Waals surface area contributed by atoms with E-state index in [9.17, 15) is 4.79 Å². The van der Waals surface area contributed by atoms with Gasteiger partial charge in [-0.15, -0.1) is 0 Å². The summed E-state index contributed by atoms with van der Waals surface area (Å²) in [5, 5.41) is 9.13. The van der Waals surface area contributed by atoms with Crippen molar-refractivity contribution in [1.29, 1.82) is 0 Å². The second kappa shape index (κ2) is 9.77. The fraction of sp³-hybridized carbons (Fsp3) is 0.296. The average Bonchev–Trinajstić information content (AvgIpc) is 3.25. The molecule has 166 valence electrons. The van der Waals surface area contributed by atoms with Crippen LogP contribution in [0.4, 0.5) is 5.69 Å². The zero-order valence-corrected chi connectivity index (χ0v) is 18.6. The number of carboxylic acids is 1. The third-order valence-corrected chi connectivity index (χ3v) is 6.03. The summed E-state index contributed by atoms with van der Waals surface area (Å²) >= 11 is 0. The molecule has 1 saturated heterocycles. The molecule has 0 aromatic heterocycles. The Kier molecular flexibility index (Phi) is 6.64. The van der Waals surface area contributed by atoms with Gasteiger partial charge in [0.2, 0.25) is 0 Å². The molecule has 3 aromatic carbocycles. The van der Waals surface area contributed by atoms with Gasteiger partial charge in [0.15, 0.2) is 0 Å². The SMILES string of the molecule is COc1cccc(-c2ccc(COc3ccc(N4CCCC4CC(=O)O)cc3)cc2C)c1. The fourth-order valence-corrected chi connectivity index (χ4v) is 4.42. The molecule has 4 rings (SSSR count). The van der Waals surface area contributed by atoms with Gasteiger partial charge in [0.1, 0.15) is 18.1 Å². The molecule has 1 N–H and O–H groups in total. The smallest absolute Gasteiger partial charge is 0.305 e. The third kappa shape index (κ3) is 5.05. The van der Waals surface area contributed by atoms with Gasteiger partial charge >= 0.3 is 5.97 Å². The highest BCUT2D eigenvalue weighted by molar-refractivity contribution is 5.69. The molecule has 1 fully saturated rings. The van der Waals surface area contributed by atoms with Crippen molar-refractivity contribution in [2.24, 2.45) is 0 Å². The summed E-state index contributed by atoms with van der Waals surface area (Å²) in [6.07, 6.45) is 2.14. The van der Waals surface area contributed by atoms with E-state index in [4.69, 9.17) is 14.6 Å². The van der Waals surface area contributed by atoms with Crippen LogP contribution in [0.1, 0.15) is 30.4 Å². The first-order chi connectivity index (χ1) is 15.5. The Morgan fingerprint density at radius 1 is 1.06 bits per heavy atom. The van der Waals surface area contributed by atoms with E-state index in [-0.39, 0.29) is 12.5 Å². The molecule has 5 heteroatoms. The van der Waals surface area contributed by atoms with E-state index in [1.54, 1.807) is 7.11 Å². The Morgan fingerprint density at radius 3 is 2.59 bits per heavy atom. The monoisotopic (exact) mass is 431 g/mol. The topological polar surface area (TPSA) is 59.0 Å². The molecule has 0 spiro atoms. The largest absolute Gasteiger partial charge is 0.497 e. The third-order valence-electron chi connectivity index (χ3n) is 6.03.